The van der Waals surface area contributed by atoms with Gasteiger partial charge in [0.1, 0.15) is 0 Å². The predicted octanol–water partition coefficient (Wildman–Crippen LogP) is -0.630. The third kappa shape index (κ3) is 1.42. The van der Waals surface area contributed by atoms with E-state index in [0.717, 1.165) is 5.69 Å². The summed E-state index contributed by atoms with van der Waals surface area (Å²) in [6.45, 7) is 0.295. The van der Waals surface area contributed by atoms with Gasteiger partial charge in [-0.1, -0.05) is 5.21 Å². The van der Waals surface area contributed by atoms with Crippen LogP contribution in [0.25, 0.3) is 5.65 Å². The van der Waals surface area contributed by atoms with Gasteiger partial charge in [-0.05, 0) is 6.07 Å². The minimum atomic E-state index is -0.563. The summed E-state index contributed by atoms with van der Waals surface area (Å²) in [6, 6.07) is 1.71. The first-order valence-corrected chi connectivity index (χ1v) is 4.25. The van der Waals surface area contributed by atoms with Crippen molar-refractivity contribution in [2.75, 3.05) is 7.11 Å². The fourth-order valence-electron chi connectivity index (χ4n) is 1.23. The molecule has 7 nitrogen and oxygen atoms in total. The van der Waals surface area contributed by atoms with Crippen molar-refractivity contribution in [2.24, 2.45) is 5.73 Å². The number of hydrogen-bond acceptors (Lipinski definition) is 6. The Hall–Kier alpha value is -2.02. The largest absolute Gasteiger partial charge is 0.464 e. The van der Waals surface area contributed by atoms with Gasteiger partial charge in [-0.25, -0.2) is 9.78 Å². The summed E-state index contributed by atoms with van der Waals surface area (Å²) in [7, 11) is 1.28. The number of fused-ring (bicyclic) bond motifs is 1. The van der Waals surface area contributed by atoms with Crippen LogP contribution >= 0.6 is 0 Å². The molecule has 0 atom stereocenters. The summed E-state index contributed by atoms with van der Waals surface area (Å²) in [4.78, 5) is 15.3. The predicted molar refractivity (Wildman–Crippen MR) is 50.0 cm³/mol. The van der Waals surface area contributed by atoms with Crippen LogP contribution in [0.15, 0.2) is 12.3 Å². The Morgan fingerprint density at radius 1 is 1.67 bits per heavy atom. The third-order valence-electron chi connectivity index (χ3n) is 1.97. The van der Waals surface area contributed by atoms with E-state index in [0.29, 0.717) is 12.2 Å². The smallest absolute Gasteiger partial charge is 0.362 e. The van der Waals surface area contributed by atoms with Crippen molar-refractivity contribution in [3.63, 3.8) is 0 Å². The molecular weight excluding hydrogens is 198 g/mol. The number of carbonyl (C=O) groups is 1. The number of nitrogens with zero attached hydrogens (tertiary/aromatic N) is 4. The number of esters is 1. The van der Waals surface area contributed by atoms with Gasteiger partial charge in [0.25, 0.3) is 0 Å². The van der Waals surface area contributed by atoms with Gasteiger partial charge in [0, 0.05) is 12.7 Å². The van der Waals surface area contributed by atoms with Crippen LogP contribution in [0.4, 0.5) is 0 Å². The molecule has 0 aliphatic carbocycles. The molecule has 0 radical (unpaired) electrons. The van der Waals surface area contributed by atoms with E-state index < -0.39 is 5.97 Å². The van der Waals surface area contributed by atoms with Crippen molar-refractivity contribution in [1.29, 1.82) is 0 Å². The number of hydrogen-bond donors (Lipinski definition) is 1. The minimum absolute atomic E-state index is 0.0906. The fourth-order valence-corrected chi connectivity index (χ4v) is 1.23. The topological polar surface area (TPSA) is 95.4 Å². The number of carbonyl (C=O) groups excluding carboxylic acids is 1. The third-order valence-corrected chi connectivity index (χ3v) is 1.97. The van der Waals surface area contributed by atoms with E-state index in [1.54, 1.807) is 12.3 Å². The second-order valence-electron chi connectivity index (χ2n) is 2.81. The van der Waals surface area contributed by atoms with Gasteiger partial charge >= 0.3 is 5.97 Å². The molecule has 0 amide bonds. The maximum absolute atomic E-state index is 11.3. The second-order valence-corrected chi connectivity index (χ2v) is 2.81. The number of rotatable bonds is 2. The average molecular weight is 207 g/mol. The van der Waals surface area contributed by atoms with Gasteiger partial charge in [0.05, 0.1) is 12.8 Å². The average Bonchev–Trinajstić information content (AvgIpc) is 2.71. The van der Waals surface area contributed by atoms with Crippen molar-refractivity contribution in [1.82, 2.24) is 19.8 Å². The van der Waals surface area contributed by atoms with Crippen LogP contribution in [-0.2, 0) is 11.3 Å². The standard InChI is InChI=1S/C8H9N5O2/c1-15-8(14)6-7-10-3-2-5(4-9)13(7)12-11-6/h2-3H,4,9H2,1H3. The van der Waals surface area contributed by atoms with Gasteiger partial charge in [-0.15, -0.1) is 5.10 Å². The molecule has 0 aliphatic rings. The van der Waals surface area contributed by atoms with Gasteiger partial charge in [0.2, 0.25) is 5.69 Å². The number of ether oxygens (including phenoxy) is 1. The molecule has 2 aromatic rings. The highest BCUT2D eigenvalue weighted by Crippen LogP contribution is 2.07. The van der Waals surface area contributed by atoms with Crippen molar-refractivity contribution >= 4 is 11.6 Å². The van der Waals surface area contributed by atoms with Crippen LogP contribution in [0.3, 0.4) is 0 Å². The van der Waals surface area contributed by atoms with E-state index in [1.165, 1.54) is 11.6 Å². The summed E-state index contributed by atoms with van der Waals surface area (Å²) in [5.74, 6) is -0.563. The zero-order valence-corrected chi connectivity index (χ0v) is 8.04. The Kier molecular flexibility index (Phi) is 2.30. The number of aromatic nitrogens is 4. The molecule has 0 aliphatic heterocycles. The lowest BCUT2D eigenvalue weighted by Crippen LogP contribution is -2.07. The van der Waals surface area contributed by atoms with Crippen molar-refractivity contribution in [3.8, 4) is 0 Å². The van der Waals surface area contributed by atoms with Gasteiger partial charge < -0.3 is 10.5 Å². The van der Waals surface area contributed by atoms with E-state index in [9.17, 15) is 4.79 Å². The van der Waals surface area contributed by atoms with Gasteiger partial charge in [0.15, 0.2) is 5.65 Å². The second kappa shape index (κ2) is 3.62. The van der Waals surface area contributed by atoms with E-state index in [-0.39, 0.29) is 5.69 Å². The SMILES string of the molecule is COC(=O)c1nnn2c(CN)ccnc12. The Bertz CT molecular complexity index is 507. The van der Waals surface area contributed by atoms with E-state index in [1.807, 2.05) is 0 Å². The van der Waals surface area contributed by atoms with E-state index in [2.05, 4.69) is 20.0 Å². The van der Waals surface area contributed by atoms with E-state index >= 15 is 0 Å². The molecule has 0 fully saturated rings. The van der Waals surface area contributed by atoms with Crippen LogP contribution < -0.4 is 5.73 Å². The molecule has 0 saturated heterocycles. The highest BCUT2D eigenvalue weighted by molar-refractivity contribution is 5.93. The number of methoxy groups -OCH3 is 1. The van der Waals surface area contributed by atoms with E-state index in [4.69, 9.17) is 5.73 Å². The molecular formula is C8H9N5O2. The first-order chi connectivity index (χ1) is 7.27. The normalized spacial score (nSPS) is 10.5. The Balaban J connectivity index is 2.66. The minimum Gasteiger partial charge on any atom is -0.464 e. The lowest BCUT2D eigenvalue weighted by molar-refractivity contribution is 0.0596. The van der Waals surface area contributed by atoms with Crippen molar-refractivity contribution in [2.45, 2.75) is 6.54 Å². The van der Waals surface area contributed by atoms with Crippen LogP contribution in [0, 0.1) is 0 Å². The molecule has 0 bridgehead atoms. The summed E-state index contributed by atoms with van der Waals surface area (Å²) in [6.07, 6.45) is 1.55. The molecule has 15 heavy (non-hydrogen) atoms. The highest BCUT2D eigenvalue weighted by atomic mass is 16.5. The van der Waals surface area contributed by atoms with Crippen LogP contribution in [0.5, 0.6) is 0 Å². The Morgan fingerprint density at radius 3 is 3.13 bits per heavy atom. The number of nitrogens with two attached hydrogens (primary N) is 1. The molecule has 2 rings (SSSR count). The molecule has 0 saturated carbocycles. The van der Waals surface area contributed by atoms with Crippen LogP contribution in [0.1, 0.15) is 16.2 Å². The first-order valence-electron chi connectivity index (χ1n) is 4.25. The lowest BCUT2D eigenvalue weighted by Gasteiger charge is -1.98. The van der Waals surface area contributed by atoms with Crippen molar-refractivity contribution in [3.05, 3.63) is 23.7 Å². The summed E-state index contributed by atoms with van der Waals surface area (Å²) >= 11 is 0. The molecule has 7 heteroatoms. The summed E-state index contributed by atoms with van der Waals surface area (Å²) < 4.78 is 5.97. The van der Waals surface area contributed by atoms with Gasteiger partial charge in [-0.2, -0.15) is 4.52 Å². The molecule has 2 aromatic heterocycles. The zero-order chi connectivity index (χ0) is 10.8. The molecule has 2 N–H and O–H groups in total. The summed E-state index contributed by atoms with van der Waals surface area (Å²) in [5, 5.41) is 7.48. The van der Waals surface area contributed by atoms with Crippen molar-refractivity contribution < 1.29 is 9.53 Å². The van der Waals surface area contributed by atoms with Gasteiger partial charge in [-0.3, -0.25) is 0 Å². The molecule has 2 heterocycles. The summed E-state index contributed by atoms with van der Waals surface area (Å²) in [5.41, 5.74) is 6.67. The quantitative estimate of drug-likeness (QED) is 0.658. The maximum atomic E-state index is 11.3. The van der Waals surface area contributed by atoms with Crippen LogP contribution in [0.2, 0.25) is 0 Å². The Labute approximate surface area is 84.9 Å². The molecule has 0 aromatic carbocycles. The molecule has 0 spiro atoms. The monoisotopic (exact) mass is 207 g/mol. The lowest BCUT2D eigenvalue weighted by atomic mass is 10.4. The zero-order valence-electron chi connectivity index (χ0n) is 8.04. The fraction of sp³-hybridized carbons (Fsp3) is 0.250. The van der Waals surface area contributed by atoms with Crippen LogP contribution in [-0.4, -0.2) is 32.9 Å². The molecule has 0 unspecified atom stereocenters. The highest BCUT2D eigenvalue weighted by Gasteiger charge is 2.17. The first kappa shape index (κ1) is 9.53. The maximum Gasteiger partial charge on any atom is 0.362 e. The Morgan fingerprint density at radius 2 is 2.47 bits per heavy atom. The molecule has 78 valence electrons.